The second-order valence-electron chi connectivity index (χ2n) is 13.7. The maximum atomic E-state index is 13.9. The van der Waals surface area contributed by atoms with Crippen LogP contribution in [0.4, 0.5) is 9.59 Å². The van der Waals surface area contributed by atoms with Crippen LogP contribution in [-0.4, -0.2) is 82.7 Å². The number of likely N-dealkylation sites (tertiary alicyclic amines) is 1. The number of hydrogen-bond acceptors (Lipinski definition) is 7. The Kier molecular flexibility index (Phi) is 10.5. The first-order valence-corrected chi connectivity index (χ1v) is 14.1. The first-order chi connectivity index (χ1) is 18.2. The number of hydrazine groups is 1. The lowest BCUT2D eigenvalue weighted by Gasteiger charge is -2.33. The maximum Gasteiger partial charge on any atom is 0.429 e. The van der Waals surface area contributed by atoms with Gasteiger partial charge in [-0.15, -0.1) is 0 Å². The molecule has 0 aliphatic carbocycles. The summed E-state index contributed by atoms with van der Waals surface area (Å²) in [7, 11) is 0. The van der Waals surface area contributed by atoms with Crippen molar-refractivity contribution < 1.29 is 33.4 Å². The van der Waals surface area contributed by atoms with E-state index in [4.69, 9.17) is 9.47 Å². The van der Waals surface area contributed by atoms with Gasteiger partial charge in [0.05, 0.1) is 12.5 Å². The first kappa shape index (κ1) is 33.2. The Balaban J connectivity index is 2.30. The first-order valence-electron chi connectivity index (χ1n) is 14.1. The second kappa shape index (κ2) is 12.6. The number of ether oxygens (including phenoxy) is 2. The van der Waals surface area contributed by atoms with Gasteiger partial charge in [-0.1, -0.05) is 34.1 Å². The van der Waals surface area contributed by atoms with E-state index in [9.17, 15) is 24.0 Å². The SMILES string of the molecule is CC[C@H](C)[C@H](NC(=O)OC(C)(C)C)C(=O)N1CC(C)(C)C[C@H]1C(=O)NN(C[C@@H]1CCNC1=O)C(=O)OC(C)(C)C. The van der Waals surface area contributed by atoms with Gasteiger partial charge in [-0.05, 0) is 65.7 Å². The van der Waals surface area contributed by atoms with Crippen molar-refractivity contribution in [1.82, 2.24) is 26.0 Å². The van der Waals surface area contributed by atoms with Crippen molar-refractivity contribution in [3.05, 3.63) is 0 Å². The van der Waals surface area contributed by atoms with E-state index in [2.05, 4.69) is 16.1 Å². The minimum atomic E-state index is -0.909. The molecule has 2 aliphatic heterocycles. The van der Waals surface area contributed by atoms with E-state index in [0.717, 1.165) is 5.01 Å². The molecule has 2 rings (SSSR count). The Hall–Kier alpha value is -3.05. The molecule has 0 spiro atoms. The van der Waals surface area contributed by atoms with Crippen LogP contribution in [0.5, 0.6) is 0 Å². The summed E-state index contributed by atoms with van der Waals surface area (Å²) in [6.45, 7) is 18.7. The van der Waals surface area contributed by atoms with Gasteiger partial charge in [0.15, 0.2) is 0 Å². The molecule has 0 radical (unpaired) electrons. The molecular formula is C28H49N5O7. The fraction of sp³-hybridized carbons (Fsp3) is 0.821. The van der Waals surface area contributed by atoms with Gasteiger partial charge in [-0.25, -0.2) is 14.6 Å². The lowest BCUT2D eigenvalue weighted by Crippen LogP contribution is -2.59. The highest BCUT2D eigenvalue weighted by atomic mass is 16.6. The van der Waals surface area contributed by atoms with Crippen LogP contribution in [0.15, 0.2) is 0 Å². The summed E-state index contributed by atoms with van der Waals surface area (Å²) in [5, 5.41) is 6.48. The van der Waals surface area contributed by atoms with Gasteiger partial charge in [0.25, 0.3) is 5.91 Å². The summed E-state index contributed by atoms with van der Waals surface area (Å²) in [6, 6.07) is -1.81. The van der Waals surface area contributed by atoms with Gasteiger partial charge in [0, 0.05) is 13.1 Å². The molecule has 0 aromatic rings. The summed E-state index contributed by atoms with van der Waals surface area (Å²) in [4.78, 5) is 66.9. The van der Waals surface area contributed by atoms with Crippen LogP contribution in [0.3, 0.4) is 0 Å². The Morgan fingerprint density at radius 3 is 2.20 bits per heavy atom. The number of rotatable bonds is 7. The van der Waals surface area contributed by atoms with Crippen molar-refractivity contribution in [2.24, 2.45) is 17.3 Å². The molecule has 5 amide bonds. The van der Waals surface area contributed by atoms with E-state index in [1.807, 2.05) is 27.7 Å². The number of carbonyl (C=O) groups is 5. The van der Waals surface area contributed by atoms with Crippen molar-refractivity contribution in [2.45, 2.75) is 112 Å². The molecule has 3 N–H and O–H groups in total. The van der Waals surface area contributed by atoms with Crippen LogP contribution >= 0.6 is 0 Å². The summed E-state index contributed by atoms with van der Waals surface area (Å²) in [5.74, 6) is -1.90. The number of amides is 5. The molecule has 0 bridgehead atoms. The Morgan fingerprint density at radius 1 is 1.10 bits per heavy atom. The lowest BCUT2D eigenvalue weighted by molar-refractivity contribution is -0.143. The summed E-state index contributed by atoms with van der Waals surface area (Å²) >= 11 is 0. The number of nitrogens with zero attached hydrogens (tertiary/aromatic N) is 2. The fourth-order valence-electron chi connectivity index (χ4n) is 4.76. The third-order valence-corrected chi connectivity index (χ3v) is 6.88. The predicted molar refractivity (Wildman–Crippen MR) is 149 cm³/mol. The third kappa shape index (κ3) is 9.55. The molecule has 2 heterocycles. The highest BCUT2D eigenvalue weighted by Crippen LogP contribution is 2.35. The molecule has 2 saturated heterocycles. The van der Waals surface area contributed by atoms with Crippen LogP contribution in [0.25, 0.3) is 0 Å². The van der Waals surface area contributed by atoms with E-state index in [1.54, 1.807) is 41.5 Å². The fourth-order valence-corrected chi connectivity index (χ4v) is 4.76. The van der Waals surface area contributed by atoms with Gasteiger partial charge in [0.1, 0.15) is 23.3 Å². The highest BCUT2D eigenvalue weighted by molar-refractivity contribution is 5.93. The van der Waals surface area contributed by atoms with E-state index in [-0.39, 0.29) is 24.9 Å². The molecule has 12 nitrogen and oxygen atoms in total. The van der Waals surface area contributed by atoms with Gasteiger partial charge in [-0.2, -0.15) is 0 Å². The molecule has 12 heteroatoms. The molecular weight excluding hydrogens is 518 g/mol. The van der Waals surface area contributed by atoms with Crippen LogP contribution in [0.1, 0.15) is 88.5 Å². The van der Waals surface area contributed by atoms with Crippen LogP contribution in [-0.2, 0) is 23.9 Å². The molecule has 0 aromatic carbocycles. The zero-order chi connectivity index (χ0) is 30.6. The third-order valence-electron chi connectivity index (χ3n) is 6.88. The van der Waals surface area contributed by atoms with Gasteiger partial charge in [-0.3, -0.25) is 19.8 Å². The number of nitrogens with one attached hydrogen (secondary N) is 3. The van der Waals surface area contributed by atoms with E-state index >= 15 is 0 Å². The second-order valence-corrected chi connectivity index (χ2v) is 13.7. The van der Waals surface area contributed by atoms with Crippen molar-refractivity contribution >= 4 is 29.9 Å². The van der Waals surface area contributed by atoms with Crippen molar-refractivity contribution in [2.75, 3.05) is 19.6 Å². The van der Waals surface area contributed by atoms with E-state index < -0.39 is 58.6 Å². The molecule has 2 aliphatic rings. The van der Waals surface area contributed by atoms with Crippen molar-refractivity contribution in [3.8, 4) is 0 Å². The number of hydrogen-bond donors (Lipinski definition) is 3. The average Bonchev–Trinajstić information content (AvgIpc) is 3.35. The van der Waals surface area contributed by atoms with Gasteiger partial charge in [0.2, 0.25) is 11.8 Å². The lowest BCUT2D eigenvalue weighted by atomic mass is 9.90. The van der Waals surface area contributed by atoms with Crippen molar-refractivity contribution in [1.29, 1.82) is 0 Å². The Bertz CT molecular complexity index is 969. The Labute approximate surface area is 238 Å². The largest absolute Gasteiger partial charge is 0.444 e. The highest BCUT2D eigenvalue weighted by Gasteiger charge is 2.47. The molecule has 4 atom stereocenters. The standard InChI is InChI=1S/C28H49N5O7/c1-11-17(2)20(30-24(37)39-26(3,4)5)23(36)32-16-28(9,10)14-19(32)22(35)31-33(25(38)40-27(6,7)8)15-18-12-13-29-21(18)34/h17-20H,11-16H2,1-10H3,(H,29,34)(H,30,37)(H,31,35)/t17-,18-,19-,20-/m0/s1. The van der Waals surface area contributed by atoms with Gasteiger partial charge >= 0.3 is 12.2 Å². The van der Waals surface area contributed by atoms with Crippen LogP contribution in [0.2, 0.25) is 0 Å². The minimum Gasteiger partial charge on any atom is -0.444 e. The predicted octanol–water partition coefficient (Wildman–Crippen LogP) is 2.96. The van der Waals surface area contributed by atoms with Gasteiger partial charge < -0.3 is 25.0 Å². The number of alkyl carbamates (subject to hydrolysis) is 1. The van der Waals surface area contributed by atoms with Crippen LogP contribution in [0, 0.1) is 17.3 Å². The van der Waals surface area contributed by atoms with E-state index in [1.165, 1.54) is 4.90 Å². The Morgan fingerprint density at radius 2 is 1.70 bits per heavy atom. The van der Waals surface area contributed by atoms with Crippen molar-refractivity contribution in [3.63, 3.8) is 0 Å². The normalized spacial score (nSPS) is 22.1. The smallest absolute Gasteiger partial charge is 0.429 e. The molecule has 0 unspecified atom stereocenters. The zero-order valence-electron chi connectivity index (χ0n) is 25.8. The zero-order valence-corrected chi connectivity index (χ0v) is 25.8. The summed E-state index contributed by atoms with van der Waals surface area (Å²) in [6.07, 6.45) is -0.0367. The molecule has 0 aromatic heterocycles. The molecule has 2 fully saturated rings. The number of carbonyl (C=O) groups excluding carboxylic acids is 5. The molecule has 0 saturated carbocycles. The minimum absolute atomic E-state index is 0.0633. The van der Waals surface area contributed by atoms with E-state index in [0.29, 0.717) is 25.8 Å². The summed E-state index contributed by atoms with van der Waals surface area (Å²) in [5.41, 5.74) is 0.671. The maximum absolute atomic E-state index is 13.9. The summed E-state index contributed by atoms with van der Waals surface area (Å²) < 4.78 is 10.9. The van der Waals surface area contributed by atoms with Crippen LogP contribution < -0.4 is 16.1 Å². The molecule has 40 heavy (non-hydrogen) atoms. The average molecular weight is 568 g/mol. The topological polar surface area (TPSA) is 146 Å². The molecule has 228 valence electrons. The monoisotopic (exact) mass is 567 g/mol. The quantitative estimate of drug-likeness (QED) is 0.401.